The Kier molecular flexibility index (Phi) is 3.21. The minimum Gasteiger partial charge on any atom is -0.481 e. The minimum absolute atomic E-state index is 0.0173. The van der Waals surface area contributed by atoms with Gasteiger partial charge in [-0.25, -0.2) is 4.98 Å². The van der Waals surface area contributed by atoms with Crippen LogP contribution in [0.2, 0.25) is 0 Å². The zero-order chi connectivity index (χ0) is 11.5. The summed E-state index contributed by atoms with van der Waals surface area (Å²) in [6, 6.07) is -0.0173. The number of likely N-dealkylation sites (tertiary alicyclic amines) is 1. The van der Waals surface area contributed by atoms with E-state index < -0.39 is 12.1 Å². The predicted molar refractivity (Wildman–Crippen MR) is 56.0 cm³/mol. The van der Waals surface area contributed by atoms with E-state index in [1.165, 1.54) is 0 Å². The molecule has 1 aliphatic rings. The maximum absolute atomic E-state index is 10.4. The van der Waals surface area contributed by atoms with Gasteiger partial charge in [0.25, 0.3) is 0 Å². The molecule has 1 aliphatic heterocycles. The molecule has 6 nitrogen and oxygen atoms in total. The van der Waals surface area contributed by atoms with Crippen LogP contribution in [0.25, 0.3) is 0 Å². The first kappa shape index (κ1) is 11.1. The summed E-state index contributed by atoms with van der Waals surface area (Å²) in [4.78, 5) is 16.3. The Labute approximate surface area is 93.1 Å². The number of aliphatic hydroxyl groups excluding tert-OH is 1. The number of nitrogens with zero attached hydrogens (tertiary/aromatic N) is 3. The third-order valence-electron chi connectivity index (χ3n) is 2.88. The SMILES string of the molecule is O=C(O)CCN1C[C@H](O)[C@@H](n2ccnc2)C1. The van der Waals surface area contributed by atoms with Crippen LogP contribution in [0.5, 0.6) is 0 Å². The topological polar surface area (TPSA) is 78.6 Å². The van der Waals surface area contributed by atoms with Gasteiger partial charge in [0.15, 0.2) is 0 Å². The molecule has 16 heavy (non-hydrogen) atoms. The molecule has 0 amide bonds. The number of β-amino-alcohol motifs (C(OH)–C–C–N with tert-alkyl or cyclic N) is 1. The lowest BCUT2D eigenvalue weighted by atomic mass is 10.2. The summed E-state index contributed by atoms with van der Waals surface area (Å²) < 4.78 is 1.87. The Hall–Kier alpha value is -1.40. The maximum atomic E-state index is 10.4. The predicted octanol–water partition coefficient (Wildman–Crippen LogP) is -0.425. The van der Waals surface area contributed by atoms with Crippen LogP contribution in [0.1, 0.15) is 12.5 Å². The number of carboxylic acids is 1. The number of aliphatic hydroxyl groups is 1. The van der Waals surface area contributed by atoms with E-state index in [4.69, 9.17) is 5.11 Å². The second-order valence-corrected chi connectivity index (χ2v) is 4.05. The Bertz CT molecular complexity index is 352. The molecule has 0 radical (unpaired) electrons. The molecule has 0 bridgehead atoms. The van der Waals surface area contributed by atoms with Crippen LogP contribution < -0.4 is 0 Å². The van der Waals surface area contributed by atoms with E-state index in [1.54, 1.807) is 12.5 Å². The third-order valence-corrected chi connectivity index (χ3v) is 2.88. The van der Waals surface area contributed by atoms with Gasteiger partial charge < -0.3 is 14.8 Å². The number of aromatic nitrogens is 2. The summed E-state index contributed by atoms with van der Waals surface area (Å²) in [5, 5.41) is 18.4. The van der Waals surface area contributed by atoms with E-state index in [0.717, 1.165) is 0 Å². The molecule has 2 heterocycles. The van der Waals surface area contributed by atoms with Crippen molar-refractivity contribution in [3.8, 4) is 0 Å². The number of hydrogen-bond acceptors (Lipinski definition) is 4. The highest BCUT2D eigenvalue weighted by Gasteiger charge is 2.32. The summed E-state index contributed by atoms with van der Waals surface area (Å²) in [6.45, 7) is 1.68. The van der Waals surface area contributed by atoms with Crippen LogP contribution >= 0.6 is 0 Å². The highest BCUT2D eigenvalue weighted by molar-refractivity contribution is 5.66. The van der Waals surface area contributed by atoms with Crippen LogP contribution in [0, 0.1) is 0 Å². The van der Waals surface area contributed by atoms with Crippen molar-refractivity contribution in [1.29, 1.82) is 0 Å². The Balaban J connectivity index is 1.92. The molecule has 1 aromatic rings. The summed E-state index contributed by atoms with van der Waals surface area (Å²) in [5.74, 6) is -0.805. The summed E-state index contributed by atoms with van der Waals surface area (Å²) in [7, 11) is 0. The van der Waals surface area contributed by atoms with Crippen molar-refractivity contribution in [2.24, 2.45) is 0 Å². The Morgan fingerprint density at radius 1 is 1.50 bits per heavy atom. The number of carboxylic acid groups (broad SMARTS) is 1. The van der Waals surface area contributed by atoms with E-state index in [0.29, 0.717) is 19.6 Å². The zero-order valence-electron chi connectivity index (χ0n) is 8.86. The van der Waals surface area contributed by atoms with Gasteiger partial charge >= 0.3 is 5.97 Å². The zero-order valence-corrected chi connectivity index (χ0v) is 8.86. The highest BCUT2D eigenvalue weighted by Crippen LogP contribution is 2.21. The number of hydrogen-bond donors (Lipinski definition) is 2. The molecule has 2 N–H and O–H groups in total. The maximum Gasteiger partial charge on any atom is 0.304 e. The first-order valence-electron chi connectivity index (χ1n) is 5.26. The van der Waals surface area contributed by atoms with Gasteiger partial charge in [-0.2, -0.15) is 0 Å². The second-order valence-electron chi connectivity index (χ2n) is 4.05. The van der Waals surface area contributed by atoms with Gasteiger partial charge in [0.1, 0.15) is 0 Å². The van der Waals surface area contributed by atoms with Gasteiger partial charge in [0.05, 0.1) is 24.9 Å². The normalized spacial score (nSPS) is 26.1. The fraction of sp³-hybridized carbons (Fsp3) is 0.600. The number of carbonyl (C=O) groups is 1. The molecule has 0 unspecified atom stereocenters. The molecule has 0 saturated carbocycles. The quantitative estimate of drug-likeness (QED) is 0.727. The lowest BCUT2D eigenvalue weighted by molar-refractivity contribution is -0.137. The largest absolute Gasteiger partial charge is 0.481 e. The van der Waals surface area contributed by atoms with Crippen molar-refractivity contribution in [1.82, 2.24) is 14.5 Å². The lowest BCUT2D eigenvalue weighted by Gasteiger charge is -2.15. The fourth-order valence-electron chi connectivity index (χ4n) is 2.04. The van der Waals surface area contributed by atoms with Crippen molar-refractivity contribution in [2.45, 2.75) is 18.6 Å². The van der Waals surface area contributed by atoms with Gasteiger partial charge in [0, 0.05) is 32.0 Å². The summed E-state index contributed by atoms with van der Waals surface area (Å²) in [6.07, 6.45) is 4.82. The van der Waals surface area contributed by atoms with E-state index in [2.05, 4.69) is 4.98 Å². The second kappa shape index (κ2) is 4.63. The van der Waals surface area contributed by atoms with Crippen LogP contribution in [0.4, 0.5) is 0 Å². The van der Waals surface area contributed by atoms with Crippen molar-refractivity contribution in [3.05, 3.63) is 18.7 Å². The minimum atomic E-state index is -0.805. The van der Waals surface area contributed by atoms with Crippen molar-refractivity contribution < 1.29 is 15.0 Å². The molecular weight excluding hydrogens is 210 g/mol. The monoisotopic (exact) mass is 225 g/mol. The van der Waals surface area contributed by atoms with Crippen LogP contribution in [0.3, 0.4) is 0 Å². The number of aliphatic carboxylic acids is 1. The van der Waals surface area contributed by atoms with Gasteiger partial charge in [-0.1, -0.05) is 0 Å². The van der Waals surface area contributed by atoms with Crippen LogP contribution in [-0.4, -0.2) is 56.4 Å². The first-order chi connectivity index (χ1) is 7.66. The van der Waals surface area contributed by atoms with Crippen molar-refractivity contribution >= 4 is 5.97 Å². The van der Waals surface area contributed by atoms with Gasteiger partial charge in [-0.05, 0) is 0 Å². The van der Waals surface area contributed by atoms with E-state index >= 15 is 0 Å². The molecule has 6 heteroatoms. The van der Waals surface area contributed by atoms with Gasteiger partial charge in [-0.15, -0.1) is 0 Å². The fourth-order valence-corrected chi connectivity index (χ4v) is 2.04. The van der Waals surface area contributed by atoms with E-state index in [9.17, 15) is 9.90 Å². The van der Waals surface area contributed by atoms with Gasteiger partial charge in [0.2, 0.25) is 0 Å². The van der Waals surface area contributed by atoms with E-state index in [1.807, 2.05) is 15.7 Å². The number of imidazole rings is 1. The molecule has 2 rings (SSSR count). The molecule has 0 aromatic carbocycles. The smallest absolute Gasteiger partial charge is 0.304 e. The molecule has 88 valence electrons. The first-order valence-corrected chi connectivity index (χ1v) is 5.26. The molecule has 1 saturated heterocycles. The average molecular weight is 225 g/mol. The van der Waals surface area contributed by atoms with E-state index in [-0.39, 0.29) is 12.5 Å². The number of rotatable bonds is 4. The average Bonchev–Trinajstić information content (AvgIpc) is 2.83. The summed E-state index contributed by atoms with van der Waals surface area (Å²) >= 11 is 0. The van der Waals surface area contributed by atoms with Crippen molar-refractivity contribution in [2.75, 3.05) is 19.6 Å². The van der Waals surface area contributed by atoms with Crippen molar-refractivity contribution in [3.63, 3.8) is 0 Å². The standard InChI is InChI=1S/C10H15N3O3/c14-9-6-12(3-1-10(15)16)5-8(9)13-4-2-11-7-13/h2,4,7-9,14H,1,3,5-6H2,(H,15,16)/t8-,9-/m0/s1. The molecule has 2 atom stereocenters. The highest BCUT2D eigenvalue weighted by atomic mass is 16.4. The lowest BCUT2D eigenvalue weighted by Crippen LogP contribution is -2.24. The molecular formula is C10H15N3O3. The van der Waals surface area contributed by atoms with Crippen LogP contribution in [0.15, 0.2) is 18.7 Å². The Morgan fingerprint density at radius 2 is 2.31 bits per heavy atom. The molecule has 1 fully saturated rings. The molecule has 0 aliphatic carbocycles. The molecule has 0 spiro atoms. The van der Waals surface area contributed by atoms with Crippen LogP contribution in [-0.2, 0) is 4.79 Å². The molecule has 1 aromatic heterocycles. The van der Waals surface area contributed by atoms with Gasteiger partial charge in [-0.3, -0.25) is 9.69 Å². The third kappa shape index (κ3) is 2.40. The Morgan fingerprint density at radius 3 is 2.94 bits per heavy atom. The summed E-state index contributed by atoms with van der Waals surface area (Å²) in [5.41, 5.74) is 0.